The molecule has 1 aromatic heterocycles. The summed E-state index contributed by atoms with van der Waals surface area (Å²) in [6.07, 6.45) is 4.38. The Balaban J connectivity index is 1.55. The normalized spacial score (nSPS) is 18.1. The van der Waals surface area contributed by atoms with Crippen molar-refractivity contribution in [2.45, 2.75) is 64.5 Å². The molecule has 0 fully saturated rings. The maximum Gasteiger partial charge on any atom is 0.243 e. The number of aliphatic hydroxyl groups excluding tert-OH is 1. The van der Waals surface area contributed by atoms with Crippen LogP contribution in [0.2, 0.25) is 0 Å². The summed E-state index contributed by atoms with van der Waals surface area (Å²) in [5.41, 5.74) is 5.85. The second kappa shape index (κ2) is 12.7. The van der Waals surface area contributed by atoms with Gasteiger partial charge in [0.25, 0.3) is 0 Å². The molecule has 1 aliphatic rings. The highest BCUT2D eigenvalue weighted by atomic mass is 16.3. The molecule has 0 bridgehead atoms. The van der Waals surface area contributed by atoms with Crippen molar-refractivity contribution < 1.29 is 14.7 Å². The molecule has 0 saturated heterocycles. The highest BCUT2D eigenvalue weighted by Crippen LogP contribution is 2.37. The van der Waals surface area contributed by atoms with Gasteiger partial charge in [0.1, 0.15) is 6.04 Å². The maximum absolute atomic E-state index is 13.7. The summed E-state index contributed by atoms with van der Waals surface area (Å²) in [7, 11) is 0. The first-order valence-electron chi connectivity index (χ1n) is 14.8. The third-order valence-corrected chi connectivity index (χ3v) is 8.43. The average Bonchev–Trinajstić information content (AvgIpc) is 3.42. The Bertz CT molecular complexity index is 1480. The van der Waals surface area contributed by atoms with Gasteiger partial charge >= 0.3 is 0 Å². The predicted molar refractivity (Wildman–Crippen MR) is 166 cm³/mol. The second-order valence-corrected chi connectivity index (χ2v) is 11.7. The Labute approximate surface area is 242 Å². The molecule has 0 aliphatic carbocycles. The zero-order valence-electron chi connectivity index (χ0n) is 24.3. The highest BCUT2D eigenvalue weighted by Gasteiger charge is 2.34. The number of carbonyl (C=O) groups is 2. The van der Waals surface area contributed by atoms with Gasteiger partial charge in [0.2, 0.25) is 5.91 Å². The Morgan fingerprint density at radius 2 is 1.71 bits per heavy atom. The van der Waals surface area contributed by atoms with Crippen LogP contribution in [0.15, 0.2) is 79.0 Å². The molecule has 1 unspecified atom stereocenters. The fourth-order valence-corrected chi connectivity index (χ4v) is 6.18. The first kappa shape index (κ1) is 28.6. The summed E-state index contributed by atoms with van der Waals surface area (Å²) < 4.78 is 0. The lowest BCUT2D eigenvalue weighted by Gasteiger charge is -2.36. The van der Waals surface area contributed by atoms with Gasteiger partial charge in [-0.3, -0.25) is 9.59 Å². The summed E-state index contributed by atoms with van der Waals surface area (Å²) >= 11 is 0. The molecule has 3 atom stereocenters. The van der Waals surface area contributed by atoms with Gasteiger partial charge in [0.15, 0.2) is 5.78 Å². The summed E-state index contributed by atoms with van der Waals surface area (Å²) in [5, 5.41) is 14.3. The van der Waals surface area contributed by atoms with E-state index in [-0.39, 0.29) is 24.2 Å². The molecule has 1 aliphatic heterocycles. The molecule has 6 heteroatoms. The number of aromatic nitrogens is 1. The molecule has 4 aromatic rings. The molecule has 0 radical (unpaired) electrons. The number of hydrogen-bond donors (Lipinski definition) is 3. The third kappa shape index (κ3) is 6.23. The number of H-pyrrole nitrogens is 1. The smallest absolute Gasteiger partial charge is 0.243 e. The van der Waals surface area contributed by atoms with Crippen molar-refractivity contribution in [3.8, 4) is 0 Å². The van der Waals surface area contributed by atoms with Gasteiger partial charge in [-0.2, -0.15) is 0 Å². The minimum atomic E-state index is -0.421. The Morgan fingerprint density at radius 1 is 1.00 bits per heavy atom. The number of amides is 1. The van der Waals surface area contributed by atoms with Crippen molar-refractivity contribution in [3.05, 3.63) is 101 Å². The van der Waals surface area contributed by atoms with Crippen LogP contribution in [0.3, 0.4) is 0 Å². The number of aryl methyl sites for hydroxylation is 1. The van der Waals surface area contributed by atoms with Gasteiger partial charge in [-0.25, -0.2) is 0 Å². The van der Waals surface area contributed by atoms with Crippen LogP contribution in [0.1, 0.15) is 66.6 Å². The number of ketones is 1. The molecular weight excluding hydrogens is 510 g/mol. The number of aromatic amines is 1. The number of rotatable bonds is 10. The highest BCUT2D eigenvalue weighted by molar-refractivity contribution is 6.11. The van der Waals surface area contributed by atoms with Crippen molar-refractivity contribution in [3.63, 3.8) is 0 Å². The standard InChI is InChI=1S/C35H41N3O3/c1-23(2)34-35(41)37-28(22-39)20-27-21-36-33-29(31(40)17-14-25-10-6-4-7-11-25)15-16-30(32(27)33)38(34)19-18-24(3)26-12-8-5-9-13-26/h4-13,15-16,21,23-24,28,34,36,39H,14,17-20,22H2,1-3H3,(H,37,41)/t24?,28-,34-/m0/s1. The largest absolute Gasteiger partial charge is 0.394 e. The Morgan fingerprint density at radius 3 is 2.39 bits per heavy atom. The van der Waals surface area contributed by atoms with Crippen LogP contribution in [-0.2, 0) is 17.6 Å². The molecule has 5 rings (SSSR count). The number of anilines is 1. The Hall–Kier alpha value is -3.90. The minimum Gasteiger partial charge on any atom is -0.394 e. The van der Waals surface area contributed by atoms with Gasteiger partial charge in [0.05, 0.1) is 18.2 Å². The lowest BCUT2D eigenvalue weighted by molar-refractivity contribution is -0.124. The van der Waals surface area contributed by atoms with Crippen molar-refractivity contribution in [2.75, 3.05) is 18.1 Å². The number of aliphatic hydroxyl groups is 1. The summed E-state index contributed by atoms with van der Waals surface area (Å²) in [5.74, 6) is 0.358. The number of Topliss-reactive ketones (excluding diaryl/α,β-unsaturated/α-hetero) is 1. The second-order valence-electron chi connectivity index (χ2n) is 11.7. The average molecular weight is 552 g/mol. The molecule has 41 heavy (non-hydrogen) atoms. The lowest BCUT2D eigenvalue weighted by atomic mass is 9.94. The van der Waals surface area contributed by atoms with Gasteiger partial charge in [-0.05, 0) is 59.9 Å². The predicted octanol–water partition coefficient (Wildman–Crippen LogP) is 6.04. The van der Waals surface area contributed by atoms with Crippen LogP contribution in [0.4, 0.5) is 5.69 Å². The van der Waals surface area contributed by atoms with E-state index in [1.165, 1.54) is 5.56 Å². The van der Waals surface area contributed by atoms with Gasteiger partial charge in [0, 0.05) is 35.8 Å². The molecule has 214 valence electrons. The van der Waals surface area contributed by atoms with E-state index in [0.29, 0.717) is 37.3 Å². The van der Waals surface area contributed by atoms with Crippen molar-refractivity contribution in [1.29, 1.82) is 0 Å². The zero-order chi connectivity index (χ0) is 28.9. The topological polar surface area (TPSA) is 85.4 Å². The summed E-state index contributed by atoms with van der Waals surface area (Å²) in [6, 6.07) is 23.7. The number of nitrogens with zero attached hydrogens (tertiary/aromatic N) is 1. The van der Waals surface area contributed by atoms with Crippen LogP contribution < -0.4 is 10.2 Å². The first-order chi connectivity index (χ1) is 19.9. The maximum atomic E-state index is 13.7. The van der Waals surface area contributed by atoms with Crippen LogP contribution in [0, 0.1) is 5.92 Å². The molecule has 2 heterocycles. The van der Waals surface area contributed by atoms with E-state index in [1.807, 2.05) is 54.7 Å². The lowest BCUT2D eigenvalue weighted by Crippen LogP contribution is -2.53. The molecule has 1 amide bonds. The molecule has 6 nitrogen and oxygen atoms in total. The van der Waals surface area contributed by atoms with Crippen LogP contribution in [0.25, 0.3) is 10.9 Å². The molecule has 0 spiro atoms. The van der Waals surface area contributed by atoms with Crippen molar-refractivity contribution in [1.82, 2.24) is 10.3 Å². The van der Waals surface area contributed by atoms with Crippen LogP contribution >= 0.6 is 0 Å². The first-order valence-corrected chi connectivity index (χ1v) is 14.8. The quantitative estimate of drug-likeness (QED) is 0.210. The van der Waals surface area contributed by atoms with E-state index in [9.17, 15) is 14.7 Å². The fraction of sp³-hybridized carbons (Fsp3) is 0.371. The third-order valence-electron chi connectivity index (χ3n) is 8.43. The molecular formula is C35H41N3O3. The van der Waals surface area contributed by atoms with Crippen molar-refractivity contribution in [2.24, 2.45) is 5.92 Å². The van der Waals surface area contributed by atoms with Crippen molar-refractivity contribution >= 4 is 28.3 Å². The molecule has 3 aromatic carbocycles. The monoisotopic (exact) mass is 551 g/mol. The number of hydrogen-bond acceptors (Lipinski definition) is 4. The number of carbonyl (C=O) groups excluding carboxylic acids is 2. The number of nitrogens with one attached hydrogen (secondary N) is 2. The van der Waals surface area contributed by atoms with E-state index in [1.54, 1.807) is 0 Å². The Kier molecular flexibility index (Phi) is 8.89. The van der Waals surface area contributed by atoms with E-state index in [0.717, 1.165) is 34.1 Å². The molecule has 0 saturated carbocycles. The van der Waals surface area contributed by atoms with Crippen LogP contribution in [0.5, 0.6) is 0 Å². The van der Waals surface area contributed by atoms with Gasteiger partial charge in [-0.1, -0.05) is 81.4 Å². The molecule has 3 N–H and O–H groups in total. The van der Waals surface area contributed by atoms with Crippen LogP contribution in [-0.4, -0.2) is 47.0 Å². The van der Waals surface area contributed by atoms with E-state index in [4.69, 9.17) is 0 Å². The SMILES string of the molecule is CC(CCN1c2ccc(C(=O)CCc3ccccc3)c3[nH]cc(c23)C[C@@H](CO)NC(=O)[C@@H]1C(C)C)c1ccccc1. The minimum absolute atomic E-state index is 0.0316. The van der Waals surface area contributed by atoms with E-state index in [2.05, 4.69) is 60.2 Å². The van der Waals surface area contributed by atoms with Gasteiger partial charge in [-0.15, -0.1) is 0 Å². The summed E-state index contributed by atoms with van der Waals surface area (Å²) in [6.45, 7) is 6.89. The van der Waals surface area contributed by atoms with Gasteiger partial charge < -0.3 is 20.3 Å². The summed E-state index contributed by atoms with van der Waals surface area (Å²) in [4.78, 5) is 32.9. The fourth-order valence-electron chi connectivity index (χ4n) is 6.18. The van der Waals surface area contributed by atoms with E-state index >= 15 is 0 Å². The number of benzene rings is 3. The van der Waals surface area contributed by atoms with E-state index < -0.39 is 12.1 Å². The zero-order valence-corrected chi connectivity index (χ0v) is 24.3.